The molecular weight excluding hydrogens is 338 g/mol. The van der Waals surface area contributed by atoms with Crippen LogP contribution in [0.15, 0.2) is 40.5 Å². The Morgan fingerprint density at radius 1 is 0.893 bits per heavy atom. The Kier molecular flexibility index (Phi) is 8.42. The summed E-state index contributed by atoms with van der Waals surface area (Å²) in [7, 11) is 0. The molecule has 0 unspecified atom stereocenters. The third-order valence-electron chi connectivity index (χ3n) is 6.27. The minimum Gasteiger partial charge on any atom is -0.300 e. The molecule has 0 heterocycles. The van der Waals surface area contributed by atoms with Gasteiger partial charge in [0.1, 0.15) is 0 Å². The molecule has 1 aromatic rings. The van der Waals surface area contributed by atoms with Crippen molar-refractivity contribution < 1.29 is 0 Å². The van der Waals surface area contributed by atoms with Crippen LogP contribution in [0.4, 0.5) is 0 Å². The summed E-state index contributed by atoms with van der Waals surface area (Å²) in [5.74, 6) is 0. The Labute approximate surface area is 173 Å². The summed E-state index contributed by atoms with van der Waals surface area (Å²) in [6.07, 6.45) is 6.00. The fourth-order valence-corrected chi connectivity index (χ4v) is 4.01. The van der Waals surface area contributed by atoms with Crippen molar-refractivity contribution in [3.8, 4) is 0 Å². The van der Waals surface area contributed by atoms with Gasteiger partial charge in [0.2, 0.25) is 0 Å². The summed E-state index contributed by atoms with van der Waals surface area (Å²) in [6.45, 7) is 25.6. The van der Waals surface area contributed by atoms with Gasteiger partial charge in [-0.1, -0.05) is 43.7 Å². The zero-order valence-corrected chi connectivity index (χ0v) is 19.8. The molecule has 0 spiro atoms. The van der Waals surface area contributed by atoms with E-state index < -0.39 is 0 Å². The average Bonchev–Trinajstić information content (AvgIpc) is 2.67. The molecule has 0 aliphatic carbocycles. The van der Waals surface area contributed by atoms with Crippen molar-refractivity contribution in [2.45, 2.75) is 82.1 Å². The lowest BCUT2D eigenvalue weighted by Crippen LogP contribution is -2.16. The van der Waals surface area contributed by atoms with E-state index in [-0.39, 0.29) is 0 Å². The maximum Gasteiger partial charge on any atom is 0.0695 e. The summed E-state index contributed by atoms with van der Waals surface area (Å²) in [5, 5.41) is 9.35. The quantitative estimate of drug-likeness (QED) is 0.367. The van der Waals surface area contributed by atoms with E-state index >= 15 is 0 Å². The van der Waals surface area contributed by atoms with Crippen LogP contribution < -0.4 is 0 Å². The monoisotopic (exact) mass is 377 g/mol. The summed E-state index contributed by atoms with van der Waals surface area (Å²) in [6, 6.07) is 0. The van der Waals surface area contributed by atoms with Gasteiger partial charge in [-0.2, -0.15) is 0 Å². The summed E-state index contributed by atoms with van der Waals surface area (Å²) >= 11 is 0. The minimum absolute atomic E-state index is 0.653. The SMILES string of the molecule is C=Cc1c(C)c(C)c(C(=N)/C(C(C)=C(C)C)=C(C)\C(C)=C/C)c(CC)c1CC. The van der Waals surface area contributed by atoms with Gasteiger partial charge in [-0.15, -0.1) is 0 Å². The Morgan fingerprint density at radius 2 is 1.43 bits per heavy atom. The molecule has 1 aromatic carbocycles. The topological polar surface area (TPSA) is 23.9 Å². The number of benzene rings is 1. The van der Waals surface area contributed by atoms with Crippen LogP contribution in [0.1, 0.15) is 88.8 Å². The van der Waals surface area contributed by atoms with Crippen LogP contribution in [0.3, 0.4) is 0 Å². The van der Waals surface area contributed by atoms with Crippen molar-refractivity contribution in [2.24, 2.45) is 0 Å². The van der Waals surface area contributed by atoms with E-state index in [1.165, 1.54) is 50.1 Å². The second kappa shape index (κ2) is 9.87. The van der Waals surface area contributed by atoms with E-state index in [9.17, 15) is 5.41 Å². The molecule has 152 valence electrons. The van der Waals surface area contributed by atoms with Crippen molar-refractivity contribution in [3.63, 3.8) is 0 Å². The molecule has 28 heavy (non-hydrogen) atoms. The molecule has 0 aliphatic rings. The first-order valence-electron chi connectivity index (χ1n) is 10.4. The largest absolute Gasteiger partial charge is 0.300 e. The average molecular weight is 378 g/mol. The molecule has 1 N–H and O–H groups in total. The predicted molar refractivity (Wildman–Crippen MR) is 128 cm³/mol. The van der Waals surface area contributed by atoms with Crippen molar-refractivity contribution in [1.29, 1.82) is 5.41 Å². The Hall–Kier alpha value is -2.15. The molecule has 0 fully saturated rings. The van der Waals surface area contributed by atoms with Crippen LogP contribution in [-0.4, -0.2) is 5.71 Å². The predicted octanol–water partition coefficient (Wildman–Crippen LogP) is 8.08. The highest BCUT2D eigenvalue weighted by atomic mass is 14.5. The van der Waals surface area contributed by atoms with E-state index in [0.717, 1.165) is 24.0 Å². The lowest BCUT2D eigenvalue weighted by molar-refractivity contribution is 1.01. The second-order valence-electron chi connectivity index (χ2n) is 7.88. The van der Waals surface area contributed by atoms with E-state index in [0.29, 0.717) is 5.71 Å². The molecule has 0 aromatic heterocycles. The van der Waals surface area contributed by atoms with E-state index in [4.69, 9.17) is 0 Å². The van der Waals surface area contributed by atoms with Gasteiger partial charge in [0.25, 0.3) is 0 Å². The number of hydrogen-bond donors (Lipinski definition) is 1. The smallest absolute Gasteiger partial charge is 0.0695 e. The number of allylic oxidation sites excluding steroid dienone is 6. The van der Waals surface area contributed by atoms with Gasteiger partial charge < -0.3 is 0 Å². The van der Waals surface area contributed by atoms with E-state index in [1.807, 2.05) is 6.08 Å². The van der Waals surface area contributed by atoms with Gasteiger partial charge in [-0.25, -0.2) is 0 Å². The lowest BCUT2D eigenvalue weighted by atomic mass is 9.79. The number of rotatable bonds is 7. The van der Waals surface area contributed by atoms with Gasteiger partial charge in [0.15, 0.2) is 0 Å². The van der Waals surface area contributed by atoms with Crippen molar-refractivity contribution in [2.75, 3.05) is 0 Å². The molecule has 0 aliphatic heterocycles. The molecule has 0 bridgehead atoms. The van der Waals surface area contributed by atoms with E-state index in [1.54, 1.807) is 0 Å². The standard InChI is InChI=1S/C27H39N/c1-12-17(7)19(9)25(18(8)16(5)6)27(28)26-21(11)20(10)22(13-2)23(14-3)24(26)15-4/h12-13,28H,2,14-15H2,1,3-11H3/b17-12-,25-19-,28-27?. The molecule has 1 nitrogen and oxygen atoms in total. The van der Waals surface area contributed by atoms with E-state index in [2.05, 4.69) is 81.9 Å². The fraction of sp³-hybridized carbons (Fsp3) is 0.444. The van der Waals surface area contributed by atoms with Gasteiger partial charge in [-0.05, 0) is 107 Å². The zero-order valence-electron chi connectivity index (χ0n) is 19.8. The minimum atomic E-state index is 0.653. The fourth-order valence-electron chi connectivity index (χ4n) is 4.01. The van der Waals surface area contributed by atoms with Gasteiger partial charge in [-0.3, -0.25) is 5.41 Å². The van der Waals surface area contributed by atoms with Crippen molar-refractivity contribution >= 4 is 11.8 Å². The summed E-state index contributed by atoms with van der Waals surface area (Å²) in [5.41, 5.74) is 14.1. The van der Waals surface area contributed by atoms with Crippen LogP contribution >= 0.6 is 0 Å². The molecular formula is C27H39N. The maximum absolute atomic E-state index is 9.35. The van der Waals surface area contributed by atoms with Crippen LogP contribution in [0.5, 0.6) is 0 Å². The Balaban J connectivity index is 4.07. The van der Waals surface area contributed by atoms with Gasteiger partial charge in [0, 0.05) is 11.1 Å². The first kappa shape index (κ1) is 23.9. The molecule has 0 atom stereocenters. The van der Waals surface area contributed by atoms with Crippen LogP contribution in [0.25, 0.3) is 6.08 Å². The highest BCUT2D eigenvalue weighted by Gasteiger charge is 2.23. The first-order chi connectivity index (χ1) is 13.1. The second-order valence-corrected chi connectivity index (χ2v) is 7.88. The summed E-state index contributed by atoms with van der Waals surface area (Å²) < 4.78 is 0. The highest BCUT2D eigenvalue weighted by Crippen LogP contribution is 2.34. The summed E-state index contributed by atoms with van der Waals surface area (Å²) in [4.78, 5) is 0. The molecule has 0 amide bonds. The number of nitrogens with one attached hydrogen (secondary N) is 1. The van der Waals surface area contributed by atoms with Crippen LogP contribution in [-0.2, 0) is 12.8 Å². The van der Waals surface area contributed by atoms with Gasteiger partial charge >= 0.3 is 0 Å². The molecule has 0 saturated carbocycles. The molecule has 1 heteroatoms. The van der Waals surface area contributed by atoms with Crippen molar-refractivity contribution in [1.82, 2.24) is 0 Å². The molecule has 1 rings (SSSR count). The Morgan fingerprint density at radius 3 is 1.82 bits per heavy atom. The first-order valence-corrected chi connectivity index (χ1v) is 10.4. The molecule has 0 saturated heterocycles. The highest BCUT2D eigenvalue weighted by molar-refractivity contribution is 6.16. The van der Waals surface area contributed by atoms with Gasteiger partial charge in [0.05, 0.1) is 5.71 Å². The van der Waals surface area contributed by atoms with Crippen LogP contribution in [0, 0.1) is 19.3 Å². The third kappa shape index (κ3) is 4.29. The Bertz CT molecular complexity index is 882. The zero-order chi connectivity index (χ0) is 21.8. The van der Waals surface area contributed by atoms with Crippen LogP contribution in [0.2, 0.25) is 0 Å². The molecule has 0 radical (unpaired) electrons. The maximum atomic E-state index is 9.35. The number of hydrogen-bond acceptors (Lipinski definition) is 1. The lowest BCUT2D eigenvalue weighted by Gasteiger charge is -2.25. The third-order valence-corrected chi connectivity index (χ3v) is 6.27. The normalized spacial score (nSPS) is 12.6. The van der Waals surface area contributed by atoms with Crippen molar-refractivity contribution in [3.05, 3.63) is 73.9 Å².